The van der Waals surface area contributed by atoms with Crippen LogP contribution in [0, 0.1) is 0 Å². The van der Waals surface area contributed by atoms with Crippen LogP contribution in [-0.4, -0.2) is 35.0 Å². The van der Waals surface area contributed by atoms with E-state index in [0.29, 0.717) is 0 Å². The van der Waals surface area contributed by atoms with Crippen molar-refractivity contribution < 1.29 is 19.4 Å². The topological polar surface area (TPSA) is 83.6 Å². The van der Waals surface area contributed by atoms with Gasteiger partial charge in [-0.15, -0.1) is 0 Å². The maximum atomic E-state index is 12.0. The summed E-state index contributed by atoms with van der Waals surface area (Å²) in [6.07, 6.45) is -3.86. The van der Waals surface area contributed by atoms with Gasteiger partial charge < -0.3 is 15.9 Å². The molecule has 5 heteroatoms. The van der Waals surface area contributed by atoms with Crippen LogP contribution in [0.4, 0.5) is 4.39 Å². The van der Waals surface area contributed by atoms with Crippen LogP contribution in [0.1, 0.15) is 0 Å². The number of aliphatic hydroxyl groups excluding tert-OH is 2. The van der Waals surface area contributed by atoms with Crippen LogP contribution in [0.2, 0.25) is 0 Å². The molecular weight excluding hydrogens is 129 g/mol. The van der Waals surface area contributed by atoms with E-state index < -0.39 is 24.8 Å². The summed E-state index contributed by atoms with van der Waals surface area (Å²) >= 11 is 0. The summed E-state index contributed by atoms with van der Waals surface area (Å²) in [5.74, 6) is -1.27. The van der Waals surface area contributed by atoms with Crippen molar-refractivity contribution in [2.45, 2.75) is 12.3 Å². The fourth-order valence-corrected chi connectivity index (χ4v) is 0.282. The highest BCUT2D eigenvalue weighted by Gasteiger charge is 2.22. The molecule has 0 bridgehead atoms. The van der Waals surface area contributed by atoms with Crippen LogP contribution in [-0.2, 0) is 4.79 Å². The zero-order valence-electron chi connectivity index (χ0n) is 4.62. The first-order chi connectivity index (χ1) is 4.09. The molecular formula is C4H8FNO3. The molecule has 0 fully saturated rings. The van der Waals surface area contributed by atoms with Crippen molar-refractivity contribution in [3.63, 3.8) is 0 Å². The Kier molecular flexibility index (Phi) is 3.11. The Morgan fingerprint density at radius 3 is 2.33 bits per heavy atom. The van der Waals surface area contributed by atoms with Gasteiger partial charge >= 0.3 is 0 Å². The lowest BCUT2D eigenvalue weighted by atomic mass is 10.2. The third-order valence-electron chi connectivity index (χ3n) is 0.797. The Labute approximate surface area is 51.1 Å². The molecule has 0 saturated heterocycles. The number of aliphatic hydroxyl groups is 2. The molecule has 0 aliphatic rings. The van der Waals surface area contributed by atoms with Crippen LogP contribution in [0.25, 0.3) is 0 Å². The predicted molar refractivity (Wildman–Crippen MR) is 27.2 cm³/mol. The maximum absolute atomic E-state index is 12.0. The molecule has 0 aromatic heterocycles. The molecule has 0 saturated carbocycles. The van der Waals surface area contributed by atoms with E-state index in [1.165, 1.54) is 0 Å². The van der Waals surface area contributed by atoms with Crippen LogP contribution >= 0.6 is 0 Å². The molecule has 0 heterocycles. The quantitative estimate of drug-likeness (QED) is 0.427. The fourth-order valence-electron chi connectivity index (χ4n) is 0.282. The van der Waals surface area contributed by atoms with Crippen molar-refractivity contribution in [3.05, 3.63) is 0 Å². The number of hydrogen-bond donors (Lipinski definition) is 3. The number of primary amides is 1. The van der Waals surface area contributed by atoms with Crippen LogP contribution in [0.5, 0.6) is 0 Å². The molecule has 0 aliphatic carbocycles. The van der Waals surface area contributed by atoms with E-state index in [2.05, 4.69) is 5.73 Å². The highest BCUT2D eigenvalue weighted by atomic mass is 19.1. The first kappa shape index (κ1) is 8.32. The molecule has 9 heavy (non-hydrogen) atoms. The van der Waals surface area contributed by atoms with Crippen LogP contribution in [0.15, 0.2) is 0 Å². The van der Waals surface area contributed by atoms with Crippen molar-refractivity contribution >= 4 is 5.91 Å². The van der Waals surface area contributed by atoms with Gasteiger partial charge in [-0.05, 0) is 0 Å². The maximum Gasteiger partial charge on any atom is 0.254 e. The molecule has 0 radical (unpaired) electrons. The van der Waals surface area contributed by atoms with E-state index in [1.807, 2.05) is 0 Å². The summed E-state index contributed by atoms with van der Waals surface area (Å²) in [6.45, 7) is -0.801. The Morgan fingerprint density at radius 1 is 1.78 bits per heavy atom. The van der Waals surface area contributed by atoms with E-state index in [1.54, 1.807) is 0 Å². The highest BCUT2D eigenvalue weighted by molar-refractivity contribution is 5.79. The number of halogens is 1. The van der Waals surface area contributed by atoms with E-state index in [-0.39, 0.29) is 0 Å². The van der Waals surface area contributed by atoms with Gasteiger partial charge in [0.05, 0.1) is 6.61 Å². The average Bonchev–Trinajstić information content (AvgIpc) is 1.84. The predicted octanol–water partition coefficient (Wildman–Crippen LogP) is -1.84. The number of amides is 1. The van der Waals surface area contributed by atoms with Gasteiger partial charge in [-0.1, -0.05) is 0 Å². The molecule has 4 N–H and O–H groups in total. The average molecular weight is 137 g/mol. The van der Waals surface area contributed by atoms with E-state index in [4.69, 9.17) is 10.2 Å². The fraction of sp³-hybridized carbons (Fsp3) is 0.750. The second-order valence-corrected chi connectivity index (χ2v) is 1.55. The Hall–Kier alpha value is -0.680. The lowest BCUT2D eigenvalue weighted by Crippen LogP contribution is -2.37. The van der Waals surface area contributed by atoms with Gasteiger partial charge in [-0.3, -0.25) is 4.79 Å². The molecule has 0 spiro atoms. The van der Waals surface area contributed by atoms with Gasteiger partial charge in [0.1, 0.15) is 6.10 Å². The number of alkyl halides is 1. The number of carbonyl (C=O) groups is 1. The first-order valence-corrected chi connectivity index (χ1v) is 2.32. The SMILES string of the molecule is NC(=O)[C@@H](F)[C@@H](O)CO. The minimum atomic E-state index is -2.17. The zero-order chi connectivity index (χ0) is 7.44. The minimum absolute atomic E-state index is 0.801. The number of nitrogens with two attached hydrogens (primary N) is 1. The lowest BCUT2D eigenvalue weighted by molar-refractivity contribution is -0.127. The van der Waals surface area contributed by atoms with Gasteiger partial charge in [0.25, 0.3) is 5.91 Å². The summed E-state index contributed by atoms with van der Waals surface area (Å²) < 4.78 is 12.0. The number of hydrogen-bond acceptors (Lipinski definition) is 3. The molecule has 2 atom stereocenters. The Balaban J connectivity index is 3.72. The molecule has 0 aliphatic heterocycles. The molecule has 4 nitrogen and oxygen atoms in total. The summed E-state index contributed by atoms with van der Waals surface area (Å²) in [5.41, 5.74) is 4.43. The third-order valence-corrected chi connectivity index (χ3v) is 0.797. The van der Waals surface area contributed by atoms with Gasteiger partial charge in [0, 0.05) is 0 Å². The highest BCUT2D eigenvalue weighted by Crippen LogP contribution is 1.95. The summed E-state index contributed by atoms with van der Waals surface area (Å²) in [5, 5.41) is 16.4. The molecule has 0 unspecified atom stereocenters. The smallest absolute Gasteiger partial charge is 0.254 e. The largest absolute Gasteiger partial charge is 0.394 e. The summed E-state index contributed by atoms with van der Waals surface area (Å²) in [7, 11) is 0. The van der Waals surface area contributed by atoms with Gasteiger partial charge in [-0.2, -0.15) is 0 Å². The molecule has 1 amide bonds. The van der Waals surface area contributed by atoms with E-state index in [0.717, 1.165) is 0 Å². The number of rotatable bonds is 3. The van der Waals surface area contributed by atoms with Crippen LogP contribution in [0.3, 0.4) is 0 Å². The van der Waals surface area contributed by atoms with Crippen molar-refractivity contribution in [2.75, 3.05) is 6.61 Å². The van der Waals surface area contributed by atoms with Crippen molar-refractivity contribution in [1.29, 1.82) is 0 Å². The normalized spacial score (nSPS) is 16.8. The molecule has 0 aromatic rings. The van der Waals surface area contributed by atoms with Crippen molar-refractivity contribution in [2.24, 2.45) is 5.73 Å². The molecule has 0 aromatic carbocycles. The third kappa shape index (κ3) is 2.39. The zero-order valence-corrected chi connectivity index (χ0v) is 4.62. The first-order valence-electron chi connectivity index (χ1n) is 2.32. The second-order valence-electron chi connectivity index (χ2n) is 1.55. The molecule has 54 valence electrons. The monoisotopic (exact) mass is 137 g/mol. The summed E-state index contributed by atoms with van der Waals surface area (Å²) in [4.78, 5) is 9.88. The van der Waals surface area contributed by atoms with Gasteiger partial charge in [0.15, 0.2) is 0 Å². The van der Waals surface area contributed by atoms with Crippen molar-refractivity contribution in [3.8, 4) is 0 Å². The molecule has 0 rings (SSSR count). The second kappa shape index (κ2) is 3.37. The minimum Gasteiger partial charge on any atom is -0.394 e. The van der Waals surface area contributed by atoms with Crippen molar-refractivity contribution in [1.82, 2.24) is 0 Å². The Morgan fingerprint density at radius 2 is 2.22 bits per heavy atom. The summed E-state index contributed by atoms with van der Waals surface area (Å²) in [6, 6.07) is 0. The van der Waals surface area contributed by atoms with Crippen LogP contribution < -0.4 is 5.73 Å². The number of carbonyl (C=O) groups excluding carboxylic acids is 1. The van der Waals surface area contributed by atoms with E-state index in [9.17, 15) is 9.18 Å². The Bertz CT molecular complexity index is 108. The van der Waals surface area contributed by atoms with Gasteiger partial charge in [-0.25, -0.2) is 4.39 Å². The standard InChI is InChI=1S/C4H8FNO3/c5-3(4(6)9)2(8)1-7/h2-3,7-8H,1H2,(H2,6,9)/t2-,3-/m0/s1. The lowest BCUT2D eigenvalue weighted by Gasteiger charge is -2.07. The van der Waals surface area contributed by atoms with E-state index >= 15 is 0 Å². The van der Waals surface area contributed by atoms with Gasteiger partial charge in [0.2, 0.25) is 6.17 Å².